The van der Waals surface area contributed by atoms with Gasteiger partial charge in [0.15, 0.2) is 0 Å². The maximum atomic E-state index is 11.9. The molecule has 1 unspecified atom stereocenters. The van der Waals surface area contributed by atoms with E-state index in [1.54, 1.807) is 7.05 Å². The first-order chi connectivity index (χ1) is 9.71. The van der Waals surface area contributed by atoms with Crippen molar-refractivity contribution in [2.75, 3.05) is 7.05 Å². The van der Waals surface area contributed by atoms with Gasteiger partial charge < -0.3 is 15.6 Å². The molecule has 20 heavy (non-hydrogen) atoms. The number of thiocarbonyl (C=S) groups is 1. The minimum atomic E-state index is -0.293. The van der Waals surface area contributed by atoms with Gasteiger partial charge in [0.1, 0.15) is 0 Å². The number of hydrogen-bond acceptors (Lipinski definition) is 3. The molecular weight excluding hydrogens is 270 g/mol. The zero-order chi connectivity index (χ0) is 14.5. The lowest BCUT2D eigenvalue weighted by atomic mass is 10.0. The summed E-state index contributed by atoms with van der Waals surface area (Å²) < 4.78 is 0. The van der Waals surface area contributed by atoms with Crippen LogP contribution in [-0.2, 0) is 17.6 Å². The van der Waals surface area contributed by atoms with Gasteiger partial charge in [-0.15, -0.1) is 0 Å². The molecule has 3 N–H and O–H groups in total. The Hall–Kier alpha value is -1.72. The molecule has 4 nitrogen and oxygen atoms in total. The lowest BCUT2D eigenvalue weighted by molar-refractivity contribution is -0.121. The first-order valence-electron chi connectivity index (χ1n) is 6.70. The second-order valence-electron chi connectivity index (χ2n) is 4.68. The minimum Gasteiger partial charge on any atom is -0.361 e. The number of rotatable bonds is 6. The Morgan fingerprint density at radius 1 is 1.45 bits per heavy atom. The summed E-state index contributed by atoms with van der Waals surface area (Å²) in [4.78, 5) is 15.2. The number of fused-ring (bicyclic) bond motifs is 1. The van der Waals surface area contributed by atoms with E-state index < -0.39 is 0 Å². The average molecular weight is 289 g/mol. The molecule has 0 aliphatic carbocycles. The highest BCUT2D eigenvalue weighted by atomic mass is 32.1. The SMILES string of the molecule is CCc1cccc2c(CC(NC)C(=O)NC=S)c[nH]c12. The molecule has 1 heterocycles. The van der Waals surface area contributed by atoms with E-state index in [2.05, 4.69) is 53.0 Å². The number of amides is 1. The molecule has 2 aromatic rings. The molecule has 0 radical (unpaired) electrons. The minimum absolute atomic E-state index is 0.108. The van der Waals surface area contributed by atoms with Gasteiger partial charge in [-0.25, -0.2) is 0 Å². The van der Waals surface area contributed by atoms with Crippen LogP contribution in [0.2, 0.25) is 0 Å². The number of H-pyrrole nitrogens is 1. The quantitative estimate of drug-likeness (QED) is 0.712. The van der Waals surface area contributed by atoms with Gasteiger partial charge in [0.05, 0.1) is 11.5 Å². The van der Waals surface area contributed by atoms with E-state index in [-0.39, 0.29) is 11.9 Å². The van der Waals surface area contributed by atoms with E-state index in [0.29, 0.717) is 6.42 Å². The molecule has 0 spiro atoms. The van der Waals surface area contributed by atoms with Gasteiger partial charge >= 0.3 is 0 Å². The van der Waals surface area contributed by atoms with E-state index in [1.165, 1.54) is 16.4 Å². The fraction of sp³-hybridized carbons (Fsp3) is 0.333. The molecular formula is C15H19N3OS. The summed E-state index contributed by atoms with van der Waals surface area (Å²) in [6.45, 7) is 2.14. The van der Waals surface area contributed by atoms with Crippen LogP contribution in [0.15, 0.2) is 24.4 Å². The lowest BCUT2D eigenvalue weighted by Gasteiger charge is -2.13. The van der Waals surface area contributed by atoms with Gasteiger partial charge in [-0.05, 0) is 31.0 Å². The van der Waals surface area contributed by atoms with Gasteiger partial charge in [-0.2, -0.15) is 0 Å². The molecule has 1 amide bonds. The molecule has 1 atom stereocenters. The molecule has 0 saturated heterocycles. The van der Waals surface area contributed by atoms with Gasteiger partial charge in [0.25, 0.3) is 0 Å². The molecule has 0 aliphatic heterocycles. The fourth-order valence-electron chi connectivity index (χ4n) is 2.44. The first kappa shape index (κ1) is 14.7. The van der Waals surface area contributed by atoms with Crippen LogP contribution in [0.3, 0.4) is 0 Å². The maximum absolute atomic E-state index is 11.9. The molecule has 0 saturated carbocycles. The Balaban J connectivity index is 2.29. The normalized spacial score (nSPS) is 12.3. The van der Waals surface area contributed by atoms with E-state index in [4.69, 9.17) is 0 Å². The van der Waals surface area contributed by atoms with Crippen LogP contribution in [0.5, 0.6) is 0 Å². The Morgan fingerprint density at radius 3 is 2.90 bits per heavy atom. The van der Waals surface area contributed by atoms with Crippen LogP contribution < -0.4 is 10.6 Å². The van der Waals surface area contributed by atoms with E-state index >= 15 is 0 Å². The van der Waals surface area contributed by atoms with Crippen LogP contribution in [0, 0.1) is 0 Å². The van der Waals surface area contributed by atoms with Crippen molar-refractivity contribution in [3.05, 3.63) is 35.5 Å². The highest BCUT2D eigenvalue weighted by Gasteiger charge is 2.18. The molecule has 5 heteroatoms. The summed E-state index contributed by atoms with van der Waals surface area (Å²) in [6, 6.07) is 5.98. The van der Waals surface area contributed by atoms with Crippen molar-refractivity contribution in [2.45, 2.75) is 25.8 Å². The largest absolute Gasteiger partial charge is 0.361 e. The molecule has 0 aliphatic rings. The number of likely N-dealkylation sites (N-methyl/N-ethyl adjacent to an activating group) is 1. The van der Waals surface area contributed by atoms with Crippen molar-refractivity contribution in [2.24, 2.45) is 0 Å². The summed E-state index contributed by atoms with van der Waals surface area (Å²) in [6.07, 6.45) is 3.59. The van der Waals surface area contributed by atoms with Gasteiger partial charge in [-0.1, -0.05) is 37.3 Å². The van der Waals surface area contributed by atoms with Crippen molar-refractivity contribution >= 4 is 34.5 Å². The molecule has 0 bridgehead atoms. The standard InChI is InChI=1S/C15H19N3OS/c1-3-10-5-4-6-12-11(8-17-14(10)12)7-13(16-2)15(19)18-9-20/h4-6,8-9,13,16-17H,3,7H2,1-2H3,(H,18,19,20). The molecule has 1 aromatic carbocycles. The average Bonchev–Trinajstić information content (AvgIpc) is 2.87. The zero-order valence-corrected chi connectivity index (χ0v) is 12.5. The fourth-order valence-corrected chi connectivity index (χ4v) is 2.56. The summed E-state index contributed by atoms with van der Waals surface area (Å²) in [7, 11) is 1.78. The number of aryl methyl sites for hydroxylation is 1. The number of aromatic nitrogens is 1. The van der Waals surface area contributed by atoms with Crippen LogP contribution >= 0.6 is 12.2 Å². The predicted molar refractivity (Wildman–Crippen MR) is 86.0 cm³/mol. The number of para-hydroxylation sites is 1. The topological polar surface area (TPSA) is 56.9 Å². The monoisotopic (exact) mass is 289 g/mol. The maximum Gasteiger partial charge on any atom is 0.242 e. The molecule has 106 valence electrons. The smallest absolute Gasteiger partial charge is 0.242 e. The van der Waals surface area contributed by atoms with Crippen molar-refractivity contribution < 1.29 is 4.79 Å². The highest BCUT2D eigenvalue weighted by molar-refractivity contribution is 7.78. The molecule has 1 aromatic heterocycles. The van der Waals surface area contributed by atoms with Crippen molar-refractivity contribution in [1.29, 1.82) is 0 Å². The number of carbonyl (C=O) groups excluding carboxylic acids is 1. The van der Waals surface area contributed by atoms with Gasteiger partial charge in [0.2, 0.25) is 5.91 Å². The van der Waals surface area contributed by atoms with Crippen LogP contribution in [0.4, 0.5) is 0 Å². The lowest BCUT2D eigenvalue weighted by Crippen LogP contribution is -2.43. The number of nitrogens with one attached hydrogen (secondary N) is 3. The number of aromatic amines is 1. The van der Waals surface area contributed by atoms with Crippen molar-refractivity contribution in [3.8, 4) is 0 Å². The first-order valence-corrected chi connectivity index (χ1v) is 7.17. The van der Waals surface area contributed by atoms with Crippen LogP contribution in [0.25, 0.3) is 10.9 Å². The molecule has 2 rings (SSSR count). The molecule has 0 fully saturated rings. The van der Waals surface area contributed by atoms with Gasteiger partial charge in [0, 0.05) is 17.1 Å². The number of benzene rings is 1. The third-order valence-electron chi connectivity index (χ3n) is 3.56. The number of hydrogen-bond donors (Lipinski definition) is 3. The predicted octanol–water partition coefficient (Wildman–Crippen LogP) is 1.93. The third-order valence-corrected chi connectivity index (χ3v) is 3.68. The van der Waals surface area contributed by atoms with Crippen LogP contribution in [0.1, 0.15) is 18.1 Å². The Kier molecular flexibility index (Phi) is 4.87. The second kappa shape index (κ2) is 6.63. The second-order valence-corrected chi connectivity index (χ2v) is 4.91. The number of carbonyl (C=O) groups is 1. The summed E-state index contributed by atoms with van der Waals surface area (Å²) >= 11 is 4.66. The van der Waals surface area contributed by atoms with E-state index in [9.17, 15) is 4.79 Å². The summed E-state index contributed by atoms with van der Waals surface area (Å²) in [5, 5.41) is 6.76. The van der Waals surface area contributed by atoms with Crippen molar-refractivity contribution in [3.63, 3.8) is 0 Å². The third kappa shape index (κ3) is 2.89. The Bertz CT molecular complexity index is 621. The Labute approximate surface area is 123 Å². The highest BCUT2D eigenvalue weighted by Crippen LogP contribution is 2.23. The zero-order valence-electron chi connectivity index (χ0n) is 11.7. The van der Waals surface area contributed by atoms with E-state index in [1.807, 2.05) is 6.20 Å². The summed E-state index contributed by atoms with van der Waals surface area (Å²) in [5.41, 5.74) is 4.83. The van der Waals surface area contributed by atoms with Crippen LogP contribution in [-0.4, -0.2) is 29.5 Å². The van der Waals surface area contributed by atoms with Gasteiger partial charge in [-0.3, -0.25) is 4.79 Å². The summed E-state index contributed by atoms with van der Waals surface area (Å²) in [5.74, 6) is -0.108. The van der Waals surface area contributed by atoms with E-state index in [0.717, 1.165) is 17.5 Å². The Morgan fingerprint density at radius 2 is 2.25 bits per heavy atom. The van der Waals surface area contributed by atoms with Crippen molar-refractivity contribution in [1.82, 2.24) is 15.6 Å².